The first-order valence-corrected chi connectivity index (χ1v) is 2.87. The Hall–Kier alpha value is -1.05. The second-order valence-electron chi connectivity index (χ2n) is 1.81. The Bertz CT molecular complexity index is 295. The summed E-state index contributed by atoms with van der Waals surface area (Å²) in [6, 6.07) is 0. The average Bonchev–Trinajstić information content (AvgIpc) is 2.31. The van der Waals surface area contributed by atoms with Crippen LogP contribution in [-0.4, -0.2) is 16.2 Å². The molecule has 1 heterocycles. The van der Waals surface area contributed by atoms with Gasteiger partial charge in [-0.15, -0.1) is 10.2 Å². The van der Waals surface area contributed by atoms with E-state index in [1.165, 1.54) is 6.08 Å². The van der Waals surface area contributed by atoms with Crippen LogP contribution >= 0.6 is 0 Å². The van der Waals surface area contributed by atoms with E-state index < -0.39 is 5.97 Å². The summed E-state index contributed by atoms with van der Waals surface area (Å²) in [5, 5.41) is 16.9. The summed E-state index contributed by atoms with van der Waals surface area (Å²) in [6.45, 7) is 1.61. The van der Waals surface area contributed by atoms with Crippen LogP contribution in [-0.2, 0) is 4.79 Å². The third kappa shape index (κ3) is 3.37. The molecule has 0 saturated carbocycles. The van der Waals surface area contributed by atoms with Gasteiger partial charge in [-0.1, -0.05) is 0 Å². The largest absolute Gasteiger partial charge is 1.00 e. The van der Waals surface area contributed by atoms with Crippen molar-refractivity contribution < 1.29 is 33.2 Å². The second kappa shape index (κ2) is 4.75. The summed E-state index contributed by atoms with van der Waals surface area (Å²) >= 11 is 0. The molecule has 5 nitrogen and oxygen atoms in total. The minimum absolute atomic E-state index is 0. The number of carboxylic acids is 1. The molecule has 0 aliphatic heterocycles. The van der Waals surface area contributed by atoms with Crippen molar-refractivity contribution in [3.63, 3.8) is 0 Å². The Morgan fingerprint density at radius 2 is 2.25 bits per heavy atom. The Morgan fingerprint density at radius 1 is 1.58 bits per heavy atom. The molecule has 0 N–H and O–H groups in total. The van der Waals surface area contributed by atoms with Crippen molar-refractivity contribution >= 4 is 12.0 Å². The molecule has 0 saturated heterocycles. The molecule has 6 heteroatoms. The van der Waals surface area contributed by atoms with Crippen molar-refractivity contribution in [3.8, 4) is 0 Å². The second-order valence-corrected chi connectivity index (χ2v) is 1.81. The van der Waals surface area contributed by atoms with Crippen LogP contribution in [0.2, 0.25) is 0 Å². The van der Waals surface area contributed by atoms with Gasteiger partial charge in [0, 0.05) is 13.0 Å². The van der Waals surface area contributed by atoms with Crippen LogP contribution in [0, 0.1) is 6.92 Å². The van der Waals surface area contributed by atoms with Gasteiger partial charge in [0.2, 0.25) is 11.8 Å². The maximum absolute atomic E-state index is 9.89. The van der Waals surface area contributed by atoms with Crippen molar-refractivity contribution in [2.75, 3.05) is 0 Å². The fourth-order valence-electron chi connectivity index (χ4n) is 0.519. The van der Waals surface area contributed by atoms with Gasteiger partial charge in [0.15, 0.2) is 0 Å². The zero-order chi connectivity index (χ0) is 8.27. The number of aromatic nitrogens is 2. The van der Waals surface area contributed by atoms with E-state index in [9.17, 15) is 9.90 Å². The molecular formula is C6H5LiN2O3. The molecule has 0 radical (unpaired) electrons. The predicted molar refractivity (Wildman–Crippen MR) is 33.1 cm³/mol. The number of hydrogen-bond donors (Lipinski definition) is 0. The number of rotatable bonds is 2. The Morgan fingerprint density at radius 3 is 2.67 bits per heavy atom. The van der Waals surface area contributed by atoms with Gasteiger partial charge in [-0.05, 0) is 6.08 Å². The van der Waals surface area contributed by atoms with Crippen LogP contribution in [0.1, 0.15) is 11.8 Å². The summed E-state index contributed by atoms with van der Waals surface area (Å²) < 4.78 is 4.83. The van der Waals surface area contributed by atoms with Gasteiger partial charge in [-0.25, -0.2) is 0 Å². The van der Waals surface area contributed by atoms with Gasteiger partial charge >= 0.3 is 18.9 Å². The fraction of sp³-hybridized carbons (Fsp3) is 0.167. The Kier molecular flexibility index (Phi) is 4.33. The first kappa shape index (κ1) is 10.9. The van der Waals surface area contributed by atoms with Crippen LogP contribution in [0.5, 0.6) is 0 Å². The van der Waals surface area contributed by atoms with E-state index in [0.717, 1.165) is 6.08 Å². The van der Waals surface area contributed by atoms with Gasteiger partial charge < -0.3 is 14.3 Å². The van der Waals surface area contributed by atoms with E-state index in [0.29, 0.717) is 5.89 Å². The zero-order valence-corrected chi connectivity index (χ0v) is 6.77. The first-order valence-electron chi connectivity index (χ1n) is 2.87. The Labute approximate surface area is 80.7 Å². The first-order chi connectivity index (χ1) is 5.18. The standard InChI is InChI=1S/C6H6N2O3.Li/c1-4-7-8-5(11-4)2-3-6(9)10;/h2-3H,1H3,(H,9,10);/q;+1/p-1/b3-2+;. The number of aliphatic carboxylic acids is 1. The van der Waals surface area contributed by atoms with Crippen molar-refractivity contribution in [1.82, 2.24) is 10.2 Å². The molecule has 0 spiro atoms. The number of nitrogens with zero attached hydrogens (tertiary/aromatic N) is 2. The van der Waals surface area contributed by atoms with Crippen molar-refractivity contribution in [3.05, 3.63) is 17.9 Å². The smallest absolute Gasteiger partial charge is 0.545 e. The molecule has 0 amide bonds. The molecule has 1 aromatic heterocycles. The maximum Gasteiger partial charge on any atom is 1.00 e. The average molecular weight is 160 g/mol. The minimum atomic E-state index is -1.29. The monoisotopic (exact) mass is 160 g/mol. The summed E-state index contributed by atoms with van der Waals surface area (Å²) in [4.78, 5) is 9.89. The molecule has 0 bridgehead atoms. The summed E-state index contributed by atoms with van der Waals surface area (Å²) in [6.07, 6.45) is 2.00. The molecule has 0 aromatic carbocycles. The summed E-state index contributed by atoms with van der Waals surface area (Å²) in [5.74, 6) is -0.740. The van der Waals surface area contributed by atoms with Crippen molar-refractivity contribution in [2.45, 2.75) is 6.92 Å². The quantitative estimate of drug-likeness (QED) is 0.327. The molecule has 0 aliphatic rings. The number of hydrogen-bond acceptors (Lipinski definition) is 5. The van der Waals surface area contributed by atoms with E-state index in [1.54, 1.807) is 6.92 Å². The van der Waals surface area contributed by atoms with Gasteiger partial charge in [-0.3, -0.25) is 0 Å². The molecule has 0 aliphatic carbocycles. The normalized spacial score (nSPS) is 9.75. The number of aryl methyl sites for hydroxylation is 1. The number of carbonyl (C=O) groups excluding carboxylic acids is 1. The molecule has 0 fully saturated rings. The van der Waals surface area contributed by atoms with Crippen LogP contribution < -0.4 is 24.0 Å². The zero-order valence-electron chi connectivity index (χ0n) is 6.77. The van der Waals surface area contributed by atoms with Gasteiger partial charge in [0.1, 0.15) is 0 Å². The molecule has 1 aromatic rings. The minimum Gasteiger partial charge on any atom is -0.545 e. The van der Waals surface area contributed by atoms with E-state index in [-0.39, 0.29) is 24.8 Å². The van der Waals surface area contributed by atoms with Crippen molar-refractivity contribution in [2.24, 2.45) is 0 Å². The van der Waals surface area contributed by atoms with E-state index in [1.807, 2.05) is 0 Å². The molecule has 12 heavy (non-hydrogen) atoms. The van der Waals surface area contributed by atoms with Crippen LogP contribution in [0.25, 0.3) is 6.08 Å². The molecule has 0 atom stereocenters. The van der Waals surface area contributed by atoms with Crippen molar-refractivity contribution in [1.29, 1.82) is 0 Å². The summed E-state index contributed by atoms with van der Waals surface area (Å²) in [5.41, 5.74) is 0. The third-order valence-corrected chi connectivity index (χ3v) is 0.904. The molecule has 0 unspecified atom stereocenters. The molecule has 1 rings (SSSR count). The molecule has 58 valence electrons. The topological polar surface area (TPSA) is 79.0 Å². The summed E-state index contributed by atoms with van der Waals surface area (Å²) in [7, 11) is 0. The fourth-order valence-corrected chi connectivity index (χ4v) is 0.519. The maximum atomic E-state index is 9.89. The van der Waals surface area contributed by atoms with Crippen LogP contribution in [0.15, 0.2) is 10.5 Å². The SMILES string of the molecule is Cc1nnc(/C=C/C(=O)[O-])o1.[Li+]. The van der Waals surface area contributed by atoms with E-state index in [4.69, 9.17) is 4.42 Å². The van der Waals surface area contributed by atoms with E-state index >= 15 is 0 Å². The predicted octanol–water partition coefficient (Wildman–Crippen LogP) is -3.85. The number of carbonyl (C=O) groups is 1. The van der Waals surface area contributed by atoms with Crippen LogP contribution in [0.4, 0.5) is 0 Å². The molecular weight excluding hydrogens is 155 g/mol. The third-order valence-electron chi connectivity index (χ3n) is 0.904. The Balaban J connectivity index is 0.00000121. The van der Waals surface area contributed by atoms with Gasteiger partial charge in [0.25, 0.3) is 0 Å². The number of carboxylic acid groups (broad SMARTS) is 1. The van der Waals surface area contributed by atoms with Gasteiger partial charge in [0.05, 0.1) is 5.97 Å². The van der Waals surface area contributed by atoms with Crippen LogP contribution in [0.3, 0.4) is 0 Å². The van der Waals surface area contributed by atoms with E-state index in [2.05, 4.69) is 10.2 Å². The van der Waals surface area contributed by atoms with Gasteiger partial charge in [-0.2, -0.15) is 0 Å².